The van der Waals surface area contributed by atoms with Gasteiger partial charge in [-0.1, -0.05) is 255 Å². The van der Waals surface area contributed by atoms with Crippen LogP contribution in [0.3, 0.4) is 0 Å². The molecule has 0 saturated heterocycles. The highest BCUT2D eigenvalue weighted by atomic mass is 14.2. The number of hydrogen-bond donors (Lipinski definition) is 0. The van der Waals surface area contributed by atoms with Gasteiger partial charge in [-0.05, 0) is 66.8 Å². The lowest BCUT2D eigenvalue weighted by atomic mass is 9.84. The number of hydrogen-bond acceptors (Lipinski definition) is 0. The molecule has 0 spiro atoms. The fourth-order valence-electron chi connectivity index (χ4n) is 6.41. The molecule has 0 bridgehead atoms. The average Bonchev–Trinajstić information content (AvgIpc) is 3.24. The van der Waals surface area contributed by atoms with Gasteiger partial charge in [0.05, 0.1) is 0 Å². The van der Waals surface area contributed by atoms with Crippen molar-refractivity contribution in [2.24, 2.45) is 0 Å². The molecule has 0 aliphatic rings. The van der Waals surface area contributed by atoms with E-state index in [1.807, 2.05) is 0 Å². The second-order valence-corrected chi connectivity index (χ2v) is 12.9. The van der Waals surface area contributed by atoms with Gasteiger partial charge in [-0.15, -0.1) is 0 Å². The molecule has 0 aliphatic heterocycles. The van der Waals surface area contributed by atoms with Crippen LogP contribution in [0, 0.1) is 0 Å². The van der Waals surface area contributed by atoms with Gasteiger partial charge in [0.2, 0.25) is 0 Å². The van der Waals surface area contributed by atoms with Gasteiger partial charge < -0.3 is 0 Å². The topological polar surface area (TPSA) is 0 Å². The second-order valence-electron chi connectivity index (χ2n) is 12.9. The summed E-state index contributed by atoms with van der Waals surface area (Å²) >= 11 is 0. The summed E-state index contributed by atoms with van der Waals surface area (Å²) in [5, 5.41) is 0. The zero-order chi connectivity index (χ0) is 36.6. The third-order valence-electron chi connectivity index (χ3n) is 9.19. The summed E-state index contributed by atoms with van der Waals surface area (Å²) in [6.45, 7) is 0. The Kier molecular flexibility index (Phi) is 12.1. The number of rotatable bonds is 12. The van der Waals surface area contributed by atoms with Crippen molar-refractivity contribution in [3.8, 4) is 0 Å². The Morgan fingerprint density at radius 1 is 0.148 bits per heavy atom. The smallest absolute Gasteiger partial charge is 0.00987 e. The zero-order valence-electron chi connectivity index (χ0n) is 30.2. The summed E-state index contributed by atoms with van der Waals surface area (Å²) in [6, 6.07) is 63.3. The van der Waals surface area contributed by atoms with E-state index < -0.39 is 0 Å². The minimum atomic E-state index is 1.13. The summed E-state index contributed by atoms with van der Waals surface area (Å²) in [5.74, 6) is 0. The predicted octanol–water partition coefficient (Wildman–Crippen LogP) is 14.7. The molecule has 7 rings (SSSR count). The monoisotopic (exact) mass is 690 g/mol. The molecule has 0 atom stereocenters. The van der Waals surface area contributed by atoms with E-state index in [-0.39, 0.29) is 0 Å². The van der Waals surface area contributed by atoms with Gasteiger partial charge in [-0.2, -0.15) is 0 Å². The van der Waals surface area contributed by atoms with E-state index in [0.29, 0.717) is 0 Å². The molecule has 0 radical (unpaired) electrons. The van der Waals surface area contributed by atoms with Crippen molar-refractivity contribution >= 4 is 72.9 Å². The van der Waals surface area contributed by atoms with Crippen LogP contribution in [-0.4, -0.2) is 0 Å². The summed E-state index contributed by atoms with van der Waals surface area (Å²) < 4.78 is 0. The van der Waals surface area contributed by atoms with E-state index in [0.717, 1.165) is 66.8 Å². The Bertz CT molecular complexity index is 1940. The Morgan fingerprint density at radius 2 is 0.278 bits per heavy atom. The van der Waals surface area contributed by atoms with E-state index >= 15 is 0 Å². The van der Waals surface area contributed by atoms with Gasteiger partial charge >= 0.3 is 0 Å². The highest BCUT2D eigenvalue weighted by molar-refractivity contribution is 5.99. The zero-order valence-corrected chi connectivity index (χ0v) is 30.2. The molecule has 0 fully saturated rings. The van der Waals surface area contributed by atoms with Crippen molar-refractivity contribution in [3.05, 3.63) is 249 Å². The fourth-order valence-corrected chi connectivity index (χ4v) is 6.41. The Balaban J connectivity index is 1.58. The molecule has 258 valence electrons. The first-order valence-electron chi connectivity index (χ1n) is 18.4. The van der Waals surface area contributed by atoms with Crippen molar-refractivity contribution in [2.75, 3.05) is 0 Å². The van der Waals surface area contributed by atoms with Crippen LogP contribution in [0.4, 0.5) is 0 Å². The van der Waals surface area contributed by atoms with Crippen LogP contribution in [0.15, 0.2) is 182 Å². The Morgan fingerprint density at radius 3 is 0.407 bits per heavy atom. The van der Waals surface area contributed by atoms with Crippen molar-refractivity contribution in [1.82, 2.24) is 0 Å². The van der Waals surface area contributed by atoms with Crippen LogP contribution in [0.25, 0.3) is 72.9 Å². The molecule has 0 saturated carbocycles. The first kappa shape index (κ1) is 35.4. The van der Waals surface area contributed by atoms with E-state index in [4.69, 9.17) is 0 Å². The Hall–Kier alpha value is -7.02. The standard InChI is InChI=1S/C54H42/c1-7-19-43(20-8-1)31-37-49-50(38-32-44-21-9-2-10-22-44)52(40-34-46-25-13-4-14-26-46)54(42-36-48-29-17-6-18-30-48)53(41-35-47-27-15-5-16-28-47)51(49)39-33-45-23-11-3-12-24-45/h1-42H/b37-31+,38-32+,39-33+,40-34+,41-35+,42-36+. The number of benzene rings is 7. The van der Waals surface area contributed by atoms with Gasteiger partial charge in [0.15, 0.2) is 0 Å². The molecule has 7 aromatic carbocycles. The molecule has 54 heavy (non-hydrogen) atoms. The summed E-state index contributed by atoms with van der Waals surface area (Å²) in [7, 11) is 0. The first-order valence-corrected chi connectivity index (χ1v) is 18.4. The lowest BCUT2D eigenvalue weighted by Gasteiger charge is -2.20. The van der Waals surface area contributed by atoms with Gasteiger partial charge in [-0.25, -0.2) is 0 Å². The molecule has 0 heterocycles. The molecular weight excluding hydrogens is 649 g/mol. The second kappa shape index (κ2) is 18.5. The van der Waals surface area contributed by atoms with E-state index in [1.165, 1.54) is 0 Å². The fraction of sp³-hybridized carbons (Fsp3) is 0. The quantitative estimate of drug-likeness (QED) is 0.112. The lowest BCUT2D eigenvalue weighted by molar-refractivity contribution is 1.48. The molecule has 0 N–H and O–H groups in total. The van der Waals surface area contributed by atoms with Gasteiger partial charge in [0.25, 0.3) is 0 Å². The van der Waals surface area contributed by atoms with Crippen molar-refractivity contribution in [3.63, 3.8) is 0 Å². The molecule has 0 aromatic heterocycles. The van der Waals surface area contributed by atoms with Crippen molar-refractivity contribution in [1.29, 1.82) is 0 Å². The van der Waals surface area contributed by atoms with Gasteiger partial charge in [-0.3, -0.25) is 0 Å². The summed E-state index contributed by atoms with van der Waals surface area (Å²) in [5.41, 5.74) is 13.7. The third-order valence-corrected chi connectivity index (χ3v) is 9.19. The molecule has 7 aromatic rings. The minimum Gasteiger partial charge on any atom is -0.0622 e. The summed E-state index contributed by atoms with van der Waals surface area (Å²) in [6.07, 6.45) is 27.1. The Labute approximate surface area is 320 Å². The van der Waals surface area contributed by atoms with E-state index in [1.54, 1.807) is 0 Å². The SMILES string of the molecule is C(=C\c1c(/C=C/c2ccccc2)c(/C=C/c2ccccc2)c(/C=C/c2ccccc2)c(/C=C/c2ccccc2)c1/C=C/c1ccccc1)/c1ccccc1. The molecular formula is C54H42. The molecule has 0 heteroatoms. The maximum atomic E-state index is 2.29. The minimum absolute atomic E-state index is 1.13. The van der Waals surface area contributed by atoms with Crippen LogP contribution in [0.2, 0.25) is 0 Å². The van der Waals surface area contributed by atoms with E-state index in [9.17, 15) is 0 Å². The normalized spacial score (nSPS) is 12.0. The summed E-state index contributed by atoms with van der Waals surface area (Å²) in [4.78, 5) is 0. The van der Waals surface area contributed by atoms with Gasteiger partial charge in [0, 0.05) is 0 Å². The van der Waals surface area contributed by atoms with Crippen molar-refractivity contribution in [2.45, 2.75) is 0 Å². The third kappa shape index (κ3) is 9.64. The molecule has 0 amide bonds. The van der Waals surface area contributed by atoms with Crippen LogP contribution < -0.4 is 0 Å². The first-order chi connectivity index (χ1) is 26.8. The van der Waals surface area contributed by atoms with Gasteiger partial charge in [0.1, 0.15) is 0 Å². The van der Waals surface area contributed by atoms with Crippen LogP contribution in [-0.2, 0) is 0 Å². The van der Waals surface area contributed by atoms with E-state index in [2.05, 4.69) is 255 Å². The molecule has 0 unspecified atom stereocenters. The lowest BCUT2D eigenvalue weighted by Crippen LogP contribution is -2.01. The highest BCUT2D eigenvalue weighted by Crippen LogP contribution is 2.37. The predicted molar refractivity (Wildman–Crippen MR) is 239 cm³/mol. The van der Waals surface area contributed by atoms with Crippen LogP contribution in [0.1, 0.15) is 66.8 Å². The molecule has 0 aliphatic carbocycles. The maximum absolute atomic E-state index is 2.29. The largest absolute Gasteiger partial charge is 0.0622 e. The highest BCUT2D eigenvalue weighted by Gasteiger charge is 2.17. The van der Waals surface area contributed by atoms with Crippen molar-refractivity contribution < 1.29 is 0 Å². The molecule has 0 nitrogen and oxygen atoms in total. The average molecular weight is 691 g/mol. The van der Waals surface area contributed by atoms with Crippen LogP contribution >= 0.6 is 0 Å². The van der Waals surface area contributed by atoms with Crippen LogP contribution in [0.5, 0.6) is 0 Å². The maximum Gasteiger partial charge on any atom is -0.00987 e.